The first-order valence-electron chi connectivity index (χ1n) is 7.79. The lowest BCUT2D eigenvalue weighted by molar-refractivity contribution is -0.0618. The molecule has 0 aromatic carbocycles. The molecule has 2 heterocycles. The lowest BCUT2D eigenvalue weighted by atomic mass is 9.53. The van der Waals surface area contributed by atoms with E-state index in [0.717, 1.165) is 44.7 Å². The molecule has 1 aromatic rings. The number of rotatable bonds is 5. The van der Waals surface area contributed by atoms with Crippen molar-refractivity contribution in [3.63, 3.8) is 0 Å². The summed E-state index contributed by atoms with van der Waals surface area (Å²) in [6, 6.07) is 0. The Hall–Kier alpha value is -0.940. The molecule has 1 saturated heterocycles. The average molecular weight is 278 g/mol. The maximum Gasteiger partial charge on any atom is 0.137 e. The van der Waals surface area contributed by atoms with Gasteiger partial charge >= 0.3 is 0 Å². The van der Waals surface area contributed by atoms with Crippen molar-refractivity contribution in [1.29, 1.82) is 0 Å². The molecule has 2 fully saturated rings. The number of hydrogen-bond donors (Lipinski definition) is 0. The van der Waals surface area contributed by atoms with Crippen molar-refractivity contribution < 1.29 is 4.74 Å². The van der Waals surface area contributed by atoms with Crippen LogP contribution in [0.15, 0.2) is 12.7 Å². The minimum atomic E-state index is 0.457. The molecule has 2 aliphatic rings. The SMILES string of the molecule is CC1(C)C(CN2CCOCC2)C[C@@H]1CCn1cncn1. The average Bonchev–Trinajstić information content (AvgIpc) is 2.96. The lowest BCUT2D eigenvalue weighted by Crippen LogP contribution is -2.52. The zero-order valence-electron chi connectivity index (χ0n) is 12.7. The van der Waals surface area contributed by atoms with E-state index in [1.807, 2.05) is 11.0 Å². The summed E-state index contributed by atoms with van der Waals surface area (Å²) < 4.78 is 7.38. The van der Waals surface area contributed by atoms with E-state index >= 15 is 0 Å². The molecule has 112 valence electrons. The summed E-state index contributed by atoms with van der Waals surface area (Å²) in [6.07, 6.45) is 6.01. The van der Waals surface area contributed by atoms with Crippen LogP contribution in [0.4, 0.5) is 0 Å². The third-order valence-electron chi connectivity index (χ3n) is 5.43. The number of ether oxygens (including phenoxy) is 1. The number of aryl methyl sites for hydroxylation is 1. The smallest absolute Gasteiger partial charge is 0.137 e. The standard InChI is InChI=1S/C15H26N4O/c1-15(2)13(3-4-19-12-16-11-17-19)9-14(15)10-18-5-7-20-8-6-18/h11-14H,3-10H2,1-2H3/t13-,14?/m0/s1. The van der Waals surface area contributed by atoms with E-state index in [1.165, 1.54) is 19.4 Å². The minimum absolute atomic E-state index is 0.457. The number of aromatic nitrogens is 3. The van der Waals surface area contributed by atoms with Crippen LogP contribution in [0, 0.1) is 17.3 Å². The number of morpholine rings is 1. The highest BCUT2D eigenvalue weighted by Gasteiger charge is 2.47. The van der Waals surface area contributed by atoms with Crippen LogP contribution in [-0.4, -0.2) is 52.5 Å². The van der Waals surface area contributed by atoms with E-state index in [4.69, 9.17) is 4.74 Å². The molecule has 2 atom stereocenters. The van der Waals surface area contributed by atoms with Gasteiger partial charge in [0.05, 0.1) is 13.2 Å². The van der Waals surface area contributed by atoms with Gasteiger partial charge in [0.2, 0.25) is 0 Å². The van der Waals surface area contributed by atoms with E-state index < -0.39 is 0 Å². The Balaban J connectivity index is 1.46. The highest BCUT2D eigenvalue weighted by Crippen LogP contribution is 2.53. The van der Waals surface area contributed by atoms with Crippen molar-refractivity contribution in [1.82, 2.24) is 19.7 Å². The summed E-state index contributed by atoms with van der Waals surface area (Å²) in [5, 5.41) is 4.19. The van der Waals surface area contributed by atoms with Gasteiger partial charge in [0.1, 0.15) is 12.7 Å². The fourth-order valence-electron chi connectivity index (χ4n) is 3.66. The summed E-state index contributed by atoms with van der Waals surface area (Å²) in [5.41, 5.74) is 0.457. The number of hydrogen-bond acceptors (Lipinski definition) is 4. The minimum Gasteiger partial charge on any atom is -0.379 e. The van der Waals surface area contributed by atoms with Crippen LogP contribution in [0.5, 0.6) is 0 Å². The fraction of sp³-hybridized carbons (Fsp3) is 0.867. The van der Waals surface area contributed by atoms with Gasteiger partial charge in [-0.3, -0.25) is 9.58 Å². The molecule has 5 nitrogen and oxygen atoms in total. The van der Waals surface area contributed by atoms with Crippen molar-refractivity contribution in [3.8, 4) is 0 Å². The van der Waals surface area contributed by atoms with Crippen LogP contribution in [0.3, 0.4) is 0 Å². The quantitative estimate of drug-likeness (QED) is 0.821. The first-order valence-corrected chi connectivity index (χ1v) is 7.79. The molecular formula is C15H26N4O. The van der Waals surface area contributed by atoms with Gasteiger partial charge in [-0.15, -0.1) is 0 Å². The highest BCUT2D eigenvalue weighted by molar-refractivity contribution is 4.97. The van der Waals surface area contributed by atoms with Crippen LogP contribution in [-0.2, 0) is 11.3 Å². The Kier molecular flexibility index (Phi) is 4.08. The van der Waals surface area contributed by atoms with Gasteiger partial charge in [-0.1, -0.05) is 13.8 Å². The molecule has 1 aliphatic heterocycles. The Bertz CT molecular complexity index is 412. The zero-order chi connectivity index (χ0) is 14.0. The van der Waals surface area contributed by atoms with Crippen molar-refractivity contribution in [2.24, 2.45) is 17.3 Å². The Morgan fingerprint density at radius 1 is 1.25 bits per heavy atom. The normalized spacial score (nSPS) is 30.1. The Labute approximate surface area is 121 Å². The van der Waals surface area contributed by atoms with E-state index in [1.54, 1.807) is 6.33 Å². The Morgan fingerprint density at radius 2 is 2.05 bits per heavy atom. The molecule has 20 heavy (non-hydrogen) atoms. The highest BCUT2D eigenvalue weighted by atomic mass is 16.5. The van der Waals surface area contributed by atoms with E-state index in [9.17, 15) is 0 Å². The molecule has 1 unspecified atom stereocenters. The van der Waals surface area contributed by atoms with Gasteiger partial charge < -0.3 is 4.74 Å². The van der Waals surface area contributed by atoms with Crippen molar-refractivity contribution in [2.75, 3.05) is 32.8 Å². The van der Waals surface area contributed by atoms with Crippen LogP contribution >= 0.6 is 0 Å². The maximum atomic E-state index is 5.43. The monoisotopic (exact) mass is 278 g/mol. The molecule has 0 N–H and O–H groups in total. The molecule has 1 aromatic heterocycles. The lowest BCUT2D eigenvalue weighted by Gasteiger charge is -2.54. The molecule has 3 rings (SSSR count). The van der Waals surface area contributed by atoms with Crippen molar-refractivity contribution in [2.45, 2.75) is 33.2 Å². The maximum absolute atomic E-state index is 5.43. The van der Waals surface area contributed by atoms with Crippen molar-refractivity contribution in [3.05, 3.63) is 12.7 Å². The molecule has 0 bridgehead atoms. The van der Waals surface area contributed by atoms with Gasteiger partial charge in [-0.25, -0.2) is 4.98 Å². The molecule has 0 radical (unpaired) electrons. The van der Waals surface area contributed by atoms with Gasteiger partial charge in [-0.2, -0.15) is 5.10 Å². The predicted octanol–water partition coefficient (Wildman–Crippen LogP) is 1.66. The van der Waals surface area contributed by atoms with Gasteiger partial charge in [0.25, 0.3) is 0 Å². The molecule has 5 heteroatoms. The van der Waals surface area contributed by atoms with Crippen LogP contribution in [0.1, 0.15) is 26.7 Å². The summed E-state index contributed by atoms with van der Waals surface area (Å²) in [7, 11) is 0. The predicted molar refractivity (Wildman–Crippen MR) is 77.3 cm³/mol. The first kappa shape index (κ1) is 14.0. The second kappa shape index (κ2) is 5.82. The summed E-state index contributed by atoms with van der Waals surface area (Å²) in [6.45, 7) is 11.1. The molecule has 1 aliphatic carbocycles. The van der Waals surface area contributed by atoms with E-state index in [-0.39, 0.29) is 0 Å². The summed E-state index contributed by atoms with van der Waals surface area (Å²) >= 11 is 0. The molecular weight excluding hydrogens is 252 g/mol. The second-order valence-electron chi connectivity index (χ2n) is 6.81. The Morgan fingerprint density at radius 3 is 2.70 bits per heavy atom. The first-order chi connectivity index (χ1) is 9.66. The van der Waals surface area contributed by atoms with Gasteiger partial charge in [-0.05, 0) is 30.1 Å². The topological polar surface area (TPSA) is 43.2 Å². The summed E-state index contributed by atoms with van der Waals surface area (Å²) in [5.74, 6) is 1.65. The molecule has 0 spiro atoms. The summed E-state index contributed by atoms with van der Waals surface area (Å²) in [4.78, 5) is 6.58. The third kappa shape index (κ3) is 2.88. The van der Waals surface area contributed by atoms with E-state index in [2.05, 4.69) is 28.8 Å². The molecule has 0 amide bonds. The fourth-order valence-corrected chi connectivity index (χ4v) is 3.66. The zero-order valence-corrected chi connectivity index (χ0v) is 12.7. The second-order valence-corrected chi connectivity index (χ2v) is 6.81. The molecule has 1 saturated carbocycles. The third-order valence-corrected chi connectivity index (χ3v) is 5.43. The van der Waals surface area contributed by atoms with Crippen LogP contribution < -0.4 is 0 Å². The van der Waals surface area contributed by atoms with Crippen LogP contribution in [0.2, 0.25) is 0 Å². The van der Waals surface area contributed by atoms with Crippen molar-refractivity contribution >= 4 is 0 Å². The van der Waals surface area contributed by atoms with Gasteiger partial charge in [0.15, 0.2) is 0 Å². The van der Waals surface area contributed by atoms with E-state index in [0.29, 0.717) is 5.41 Å². The largest absolute Gasteiger partial charge is 0.379 e. The van der Waals surface area contributed by atoms with Crippen LogP contribution in [0.25, 0.3) is 0 Å². The van der Waals surface area contributed by atoms with Gasteiger partial charge in [0, 0.05) is 26.2 Å². The number of nitrogens with zero attached hydrogens (tertiary/aromatic N) is 4.